The Morgan fingerprint density at radius 2 is 1.91 bits per heavy atom. The third-order valence-electron chi connectivity index (χ3n) is 4.26. The number of nitrogens with two attached hydrogens (primary N) is 1. The zero-order valence-corrected chi connectivity index (χ0v) is 19.0. The molecule has 1 heterocycles. The monoisotopic (exact) mass is 493 g/mol. The quantitative estimate of drug-likeness (QED) is 0.565. The number of ether oxygens (including phenoxy) is 1. The molecule has 4 amide bonds. The summed E-state index contributed by atoms with van der Waals surface area (Å²) < 4.78 is 5.47. The lowest BCUT2D eigenvalue weighted by Gasteiger charge is -2.10. The van der Waals surface area contributed by atoms with Gasteiger partial charge in [-0.15, -0.1) is 0 Å². The summed E-state index contributed by atoms with van der Waals surface area (Å²) in [6.07, 6.45) is 1.47. The van der Waals surface area contributed by atoms with Gasteiger partial charge in [0, 0.05) is 10.7 Å². The number of halogens is 2. The van der Waals surface area contributed by atoms with Crippen LogP contribution in [0.5, 0.6) is 5.75 Å². The zero-order valence-electron chi connectivity index (χ0n) is 16.7. The summed E-state index contributed by atoms with van der Waals surface area (Å²) in [6.45, 7) is 1.10. The molecule has 0 aromatic heterocycles. The van der Waals surface area contributed by atoms with Crippen LogP contribution in [-0.2, 0) is 14.4 Å². The number of aryl methyl sites for hydroxylation is 1. The molecule has 3 rings (SSSR count). The Hall–Kier alpha value is -3.01. The van der Waals surface area contributed by atoms with Gasteiger partial charge in [0.25, 0.3) is 17.1 Å². The number of rotatable bonds is 7. The van der Waals surface area contributed by atoms with Crippen molar-refractivity contribution in [2.45, 2.75) is 6.92 Å². The third-order valence-corrected chi connectivity index (χ3v) is 5.87. The van der Waals surface area contributed by atoms with Crippen molar-refractivity contribution < 1.29 is 23.9 Å². The smallest absolute Gasteiger partial charge is 0.294 e. The summed E-state index contributed by atoms with van der Waals surface area (Å²) in [6, 6.07) is 9.83. The van der Waals surface area contributed by atoms with Crippen molar-refractivity contribution >= 4 is 69.7 Å². The predicted octanol–water partition coefficient (Wildman–Crippen LogP) is 3.84. The Morgan fingerprint density at radius 3 is 2.56 bits per heavy atom. The van der Waals surface area contributed by atoms with Crippen LogP contribution in [0.4, 0.5) is 10.5 Å². The molecule has 0 aliphatic carbocycles. The van der Waals surface area contributed by atoms with Gasteiger partial charge >= 0.3 is 0 Å². The van der Waals surface area contributed by atoms with Gasteiger partial charge in [-0.05, 0) is 60.2 Å². The highest BCUT2D eigenvalue weighted by atomic mass is 35.5. The normalized spacial score (nSPS) is 14.7. The fraction of sp³-hybridized carbons (Fsp3) is 0.143. The lowest BCUT2D eigenvalue weighted by molar-refractivity contribution is -0.127. The van der Waals surface area contributed by atoms with Crippen LogP contribution in [0.3, 0.4) is 0 Å². The average molecular weight is 494 g/mol. The summed E-state index contributed by atoms with van der Waals surface area (Å²) in [5, 5.41) is 2.84. The Bertz CT molecular complexity index is 1150. The van der Waals surface area contributed by atoms with E-state index in [1.54, 1.807) is 24.3 Å². The molecule has 11 heteroatoms. The van der Waals surface area contributed by atoms with Crippen LogP contribution in [0.1, 0.15) is 11.1 Å². The minimum atomic E-state index is -0.785. The van der Waals surface area contributed by atoms with E-state index in [1.807, 2.05) is 6.92 Å². The summed E-state index contributed by atoms with van der Waals surface area (Å²) in [5.41, 5.74) is 7.03. The molecule has 0 unspecified atom stereocenters. The van der Waals surface area contributed by atoms with Crippen LogP contribution in [-0.4, -0.2) is 41.0 Å². The molecule has 1 aliphatic rings. The standard InChI is InChI=1S/C21H17Cl2N3O5S/c1-11-2-4-13(8-14(11)22)25-19(28)10-31-16-5-3-12(6-15(16)23)7-17-20(29)26(9-18(24)27)21(30)32-17/h2-8H,9-10H2,1H3,(H2,24,27)(H,25,28)/b17-7-. The topological polar surface area (TPSA) is 119 Å². The Kier molecular flexibility index (Phi) is 7.44. The van der Waals surface area contributed by atoms with E-state index in [-0.39, 0.29) is 22.3 Å². The van der Waals surface area contributed by atoms with Gasteiger partial charge in [0.15, 0.2) is 6.61 Å². The minimum absolute atomic E-state index is 0.136. The number of amides is 4. The van der Waals surface area contributed by atoms with Gasteiger partial charge in [0.1, 0.15) is 12.3 Å². The van der Waals surface area contributed by atoms with E-state index in [9.17, 15) is 19.2 Å². The molecular formula is C21H17Cl2N3O5S. The number of nitrogens with zero attached hydrogens (tertiary/aromatic N) is 1. The number of carbonyl (C=O) groups is 4. The first-order valence-electron chi connectivity index (χ1n) is 9.16. The van der Waals surface area contributed by atoms with Gasteiger partial charge in [-0.3, -0.25) is 24.1 Å². The van der Waals surface area contributed by atoms with Crippen molar-refractivity contribution in [3.05, 3.63) is 62.5 Å². The molecule has 32 heavy (non-hydrogen) atoms. The molecule has 1 saturated heterocycles. The number of thioether (sulfide) groups is 1. The highest BCUT2D eigenvalue weighted by molar-refractivity contribution is 8.18. The van der Waals surface area contributed by atoms with Crippen molar-refractivity contribution in [3.8, 4) is 5.75 Å². The van der Waals surface area contributed by atoms with Crippen LogP contribution >= 0.6 is 35.0 Å². The molecule has 1 aliphatic heterocycles. The van der Waals surface area contributed by atoms with E-state index in [1.165, 1.54) is 18.2 Å². The van der Waals surface area contributed by atoms with Gasteiger partial charge in [0.2, 0.25) is 5.91 Å². The molecule has 0 bridgehead atoms. The first kappa shape index (κ1) is 23.6. The van der Waals surface area contributed by atoms with E-state index in [0.29, 0.717) is 28.0 Å². The second-order valence-corrected chi connectivity index (χ2v) is 8.53. The zero-order chi connectivity index (χ0) is 23.4. The number of hydrogen-bond acceptors (Lipinski definition) is 6. The summed E-state index contributed by atoms with van der Waals surface area (Å²) in [5.74, 6) is -1.52. The van der Waals surface area contributed by atoms with E-state index >= 15 is 0 Å². The van der Waals surface area contributed by atoms with Crippen molar-refractivity contribution in [3.63, 3.8) is 0 Å². The number of benzene rings is 2. The Balaban J connectivity index is 1.62. The number of carbonyl (C=O) groups excluding carboxylic acids is 4. The number of anilines is 1. The van der Waals surface area contributed by atoms with Gasteiger partial charge in [-0.2, -0.15) is 0 Å². The molecule has 3 N–H and O–H groups in total. The molecule has 2 aromatic carbocycles. The molecule has 2 aromatic rings. The van der Waals surface area contributed by atoms with Crippen LogP contribution < -0.4 is 15.8 Å². The summed E-state index contributed by atoms with van der Waals surface area (Å²) in [4.78, 5) is 48.2. The molecule has 1 fully saturated rings. The van der Waals surface area contributed by atoms with E-state index in [4.69, 9.17) is 33.7 Å². The third kappa shape index (κ3) is 5.82. The van der Waals surface area contributed by atoms with E-state index < -0.39 is 29.5 Å². The maximum atomic E-state index is 12.3. The van der Waals surface area contributed by atoms with E-state index in [2.05, 4.69) is 5.32 Å². The average Bonchev–Trinajstić information content (AvgIpc) is 2.97. The van der Waals surface area contributed by atoms with Crippen molar-refractivity contribution in [2.75, 3.05) is 18.5 Å². The SMILES string of the molecule is Cc1ccc(NC(=O)COc2ccc(/C=C3\SC(=O)N(CC(N)=O)C3=O)cc2Cl)cc1Cl. The number of nitrogens with one attached hydrogen (secondary N) is 1. The van der Waals surface area contributed by atoms with Crippen molar-refractivity contribution in [1.29, 1.82) is 0 Å². The minimum Gasteiger partial charge on any atom is -0.482 e. The first-order chi connectivity index (χ1) is 15.1. The summed E-state index contributed by atoms with van der Waals surface area (Å²) in [7, 11) is 0. The fourth-order valence-electron chi connectivity index (χ4n) is 2.68. The van der Waals surface area contributed by atoms with Crippen LogP contribution in [0.2, 0.25) is 10.0 Å². The molecule has 166 valence electrons. The summed E-state index contributed by atoms with van der Waals surface area (Å²) >= 11 is 13.0. The van der Waals surface area contributed by atoms with Gasteiger partial charge in [-0.1, -0.05) is 35.3 Å². The van der Waals surface area contributed by atoms with E-state index in [0.717, 1.165) is 10.5 Å². The molecular weight excluding hydrogens is 477 g/mol. The van der Waals surface area contributed by atoms with Crippen molar-refractivity contribution in [2.24, 2.45) is 5.73 Å². The molecule has 0 atom stereocenters. The lowest BCUT2D eigenvalue weighted by atomic mass is 10.2. The fourth-order valence-corrected chi connectivity index (χ4v) is 3.94. The van der Waals surface area contributed by atoms with Gasteiger partial charge in [-0.25, -0.2) is 0 Å². The second kappa shape index (κ2) is 10.1. The Labute approximate surface area is 197 Å². The molecule has 0 radical (unpaired) electrons. The van der Waals surface area contributed by atoms with Crippen LogP contribution in [0.15, 0.2) is 41.3 Å². The number of hydrogen-bond donors (Lipinski definition) is 2. The second-order valence-electron chi connectivity index (χ2n) is 6.72. The molecule has 8 nitrogen and oxygen atoms in total. The van der Waals surface area contributed by atoms with Crippen molar-refractivity contribution in [1.82, 2.24) is 4.90 Å². The number of imide groups is 1. The van der Waals surface area contributed by atoms with Crippen LogP contribution in [0.25, 0.3) is 6.08 Å². The first-order valence-corrected chi connectivity index (χ1v) is 10.7. The maximum Gasteiger partial charge on any atom is 0.294 e. The number of primary amides is 1. The van der Waals surface area contributed by atoms with Gasteiger partial charge in [0.05, 0.1) is 9.93 Å². The lowest BCUT2D eigenvalue weighted by Crippen LogP contribution is -2.36. The van der Waals surface area contributed by atoms with Crippen LogP contribution in [0, 0.1) is 6.92 Å². The molecule has 0 saturated carbocycles. The highest BCUT2D eigenvalue weighted by Crippen LogP contribution is 2.33. The maximum absolute atomic E-state index is 12.3. The largest absolute Gasteiger partial charge is 0.482 e. The predicted molar refractivity (Wildman–Crippen MR) is 124 cm³/mol. The molecule has 0 spiro atoms. The highest BCUT2D eigenvalue weighted by Gasteiger charge is 2.35. The Morgan fingerprint density at radius 1 is 1.16 bits per heavy atom. The van der Waals surface area contributed by atoms with Gasteiger partial charge < -0.3 is 15.8 Å².